The van der Waals surface area contributed by atoms with Crippen LogP contribution >= 0.6 is 11.6 Å². The van der Waals surface area contributed by atoms with Crippen molar-refractivity contribution in [3.8, 4) is 6.07 Å². The van der Waals surface area contributed by atoms with Crippen LogP contribution < -0.4 is 4.72 Å². The Bertz CT molecular complexity index is 637. The molecule has 4 nitrogen and oxygen atoms in total. The maximum Gasteiger partial charge on any atom is 0.241 e. The molecule has 0 bridgehead atoms. The van der Waals surface area contributed by atoms with Gasteiger partial charge in [0.2, 0.25) is 10.0 Å². The van der Waals surface area contributed by atoms with Crippen molar-refractivity contribution in [1.29, 1.82) is 5.26 Å². The van der Waals surface area contributed by atoms with Crippen LogP contribution in [0.4, 0.5) is 0 Å². The fourth-order valence-corrected chi connectivity index (χ4v) is 4.46. The van der Waals surface area contributed by atoms with Gasteiger partial charge in [-0.05, 0) is 43.5 Å². The van der Waals surface area contributed by atoms with Crippen LogP contribution in [0.2, 0.25) is 0 Å². The number of hydrogen-bond donors (Lipinski definition) is 1. The molecule has 108 valence electrons. The third-order valence-corrected chi connectivity index (χ3v) is 5.75. The predicted molar refractivity (Wildman–Crippen MR) is 78.1 cm³/mol. The summed E-state index contributed by atoms with van der Waals surface area (Å²) in [4.78, 5) is 0.214. The molecular formula is C14H17ClN2O2S. The number of halogens is 1. The van der Waals surface area contributed by atoms with Crippen molar-refractivity contribution >= 4 is 21.6 Å². The summed E-state index contributed by atoms with van der Waals surface area (Å²) in [5.41, 5.74) is 1.02. The topological polar surface area (TPSA) is 70.0 Å². The van der Waals surface area contributed by atoms with Crippen molar-refractivity contribution in [2.24, 2.45) is 0 Å². The molecule has 0 saturated heterocycles. The number of rotatable bonds is 3. The fourth-order valence-electron chi connectivity index (χ4n) is 2.50. The van der Waals surface area contributed by atoms with Crippen molar-refractivity contribution in [3.05, 3.63) is 29.3 Å². The highest BCUT2D eigenvalue weighted by Gasteiger charge is 2.28. The van der Waals surface area contributed by atoms with Crippen LogP contribution in [0.15, 0.2) is 23.1 Å². The van der Waals surface area contributed by atoms with E-state index in [0.29, 0.717) is 11.1 Å². The molecule has 1 aromatic rings. The summed E-state index contributed by atoms with van der Waals surface area (Å²) in [5.74, 6) is 0. The first-order valence-electron chi connectivity index (χ1n) is 6.61. The Morgan fingerprint density at radius 1 is 1.35 bits per heavy atom. The second kappa shape index (κ2) is 6.13. The van der Waals surface area contributed by atoms with E-state index in [1.165, 1.54) is 12.1 Å². The van der Waals surface area contributed by atoms with Gasteiger partial charge in [0.05, 0.1) is 16.5 Å². The number of aryl methyl sites for hydroxylation is 1. The summed E-state index contributed by atoms with van der Waals surface area (Å²) < 4.78 is 27.5. The van der Waals surface area contributed by atoms with Gasteiger partial charge >= 0.3 is 0 Å². The molecule has 1 saturated carbocycles. The van der Waals surface area contributed by atoms with Crippen LogP contribution in [0.25, 0.3) is 0 Å². The highest BCUT2D eigenvalue weighted by Crippen LogP contribution is 2.25. The monoisotopic (exact) mass is 312 g/mol. The number of hydrogen-bond acceptors (Lipinski definition) is 3. The molecule has 0 aromatic heterocycles. The summed E-state index contributed by atoms with van der Waals surface area (Å²) in [6.07, 6.45) is 3.63. The third-order valence-electron chi connectivity index (χ3n) is 3.58. The molecule has 0 spiro atoms. The lowest BCUT2D eigenvalue weighted by atomic mass is 9.96. The first-order chi connectivity index (χ1) is 9.44. The molecule has 0 heterocycles. The lowest BCUT2D eigenvalue weighted by Gasteiger charge is -2.27. The summed E-state index contributed by atoms with van der Waals surface area (Å²) in [6.45, 7) is 1.69. The Labute approximate surface area is 124 Å². The number of sulfonamides is 1. The van der Waals surface area contributed by atoms with Gasteiger partial charge in [-0.15, -0.1) is 11.6 Å². The second-order valence-corrected chi connectivity index (χ2v) is 7.36. The highest BCUT2D eigenvalue weighted by molar-refractivity contribution is 7.89. The zero-order valence-corrected chi connectivity index (χ0v) is 12.8. The zero-order valence-electron chi connectivity index (χ0n) is 11.3. The van der Waals surface area contributed by atoms with Crippen molar-refractivity contribution in [2.45, 2.75) is 48.9 Å². The Morgan fingerprint density at radius 3 is 2.65 bits per heavy atom. The molecule has 0 radical (unpaired) electrons. The molecule has 2 rings (SSSR count). The van der Waals surface area contributed by atoms with Crippen LogP contribution in [0.5, 0.6) is 0 Å². The Balaban J connectivity index is 2.24. The number of nitrogens with one attached hydrogen (secondary N) is 1. The van der Waals surface area contributed by atoms with Crippen LogP contribution in [0.3, 0.4) is 0 Å². The van der Waals surface area contributed by atoms with Gasteiger partial charge in [-0.2, -0.15) is 5.26 Å². The predicted octanol–water partition coefficient (Wildman–Crippen LogP) is 2.70. The molecule has 1 aliphatic carbocycles. The van der Waals surface area contributed by atoms with E-state index < -0.39 is 10.0 Å². The molecule has 6 heteroatoms. The number of nitriles is 1. The molecular weight excluding hydrogens is 296 g/mol. The van der Waals surface area contributed by atoms with Crippen molar-refractivity contribution in [1.82, 2.24) is 4.72 Å². The van der Waals surface area contributed by atoms with Crippen molar-refractivity contribution < 1.29 is 8.42 Å². The summed E-state index contributed by atoms with van der Waals surface area (Å²) in [5, 5.41) is 8.66. The van der Waals surface area contributed by atoms with E-state index in [-0.39, 0.29) is 16.3 Å². The lowest BCUT2D eigenvalue weighted by molar-refractivity contribution is 0.418. The van der Waals surface area contributed by atoms with Gasteiger partial charge in [-0.25, -0.2) is 13.1 Å². The van der Waals surface area contributed by atoms with E-state index in [2.05, 4.69) is 4.72 Å². The van der Waals surface area contributed by atoms with E-state index in [9.17, 15) is 8.42 Å². The van der Waals surface area contributed by atoms with Crippen molar-refractivity contribution in [2.75, 3.05) is 0 Å². The molecule has 20 heavy (non-hydrogen) atoms. The Morgan fingerprint density at radius 2 is 2.05 bits per heavy atom. The molecule has 0 amide bonds. The highest BCUT2D eigenvalue weighted by atomic mass is 35.5. The van der Waals surface area contributed by atoms with Gasteiger partial charge in [0, 0.05) is 11.4 Å². The van der Waals surface area contributed by atoms with E-state index in [4.69, 9.17) is 16.9 Å². The summed E-state index contributed by atoms with van der Waals surface area (Å²) >= 11 is 6.19. The average Bonchev–Trinajstić information content (AvgIpc) is 2.40. The van der Waals surface area contributed by atoms with Crippen LogP contribution in [0.1, 0.15) is 36.8 Å². The molecule has 2 atom stereocenters. The summed E-state index contributed by atoms with van der Waals surface area (Å²) in [6, 6.07) is 6.35. The van der Waals surface area contributed by atoms with Gasteiger partial charge in [0.1, 0.15) is 0 Å². The molecule has 2 unspecified atom stereocenters. The standard InChI is InChI=1S/C14H17ClN2O2S/c1-10-8-11(9-16)6-7-14(10)20(18,19)17-13-5-3-2-4-12(13)15/h6-8,12-13,17H,2-5H2,1H3. The van der Waals surface area contributed by atoms with E-state index in [1.54, 1.807) is 13.0 Å². The van der Waals surface area contributed by atoms with Crippen molar-refractivity contribution in [3.63, 3.8) is 0 Å². The van der Waals surface area contributed by atoms with E-state index >= 15 is 0 Å². The Kier molecular flexibility index (Phi) is 4.69. The molecule has 1 N–H and O–H groups in total. The fraction of sp³-hybridized carbons (Fsp3) is 0.500. The zero-order chi connectivity index (χ0) is 14.8. The Hall–Kier alpha value is -1.09. The lowest BCUT2D eigenvalue weighted by Crippen LogP contribution is -2.42. The number of nitrogens with zero attached hydrogens (tertiary/aromatic N) is 1. The maximum atomic E-state index is 12.4. The van der Waals surface area contributed by atoms with Gasteiger partial charge in [0.25, 0.3) is 0 Å². The largest absolute Gasteiger partial charge is 0.241 e. The number of benzene rings is 1. The molecule has 1 aliphatic rings. The third kappa shape index (κ3) is 3.32. The minimum atomic E-state index is -3.59. The van der Waals surface area contributed by atoms with Crippen LogP contribution in [-0.2, 0) is 10.0 Å². The first kappa shape index (κ1) is 15.3. The number of alkyl halides is 1. The molecule has 0 aliphatic heterocycles. The minimum absolute atomic E-state index is 0.155. The van der Waals surface area contributed by atoms with Gasteiger partial charge in [-0.1, -0.05) is 12.8 Å². The van der Waals surface area contributed by atoms with E-state index in [1.807, 2.05) is 6.07 Å². The smallest absolute Gasteiger partial charge is 0.207 e. The van der Waals surface area contributed by atoms with Gasteiger partial charge in [0.15, 0.2) is 0 Å². The second-order valence-electron chi connectivity index (χ2n) is 5.12. The SMILES string of the molecule is Cc1cc(C#N)ccc1S(=O)(=O)NC1CCCCC1Cl. The van der Waals surface area contributed by atoms with Gasteiger partial charge < -0.3 is 0 Å². The van der Waals surface area contributed by atoms with Crippen LogP contribution in [0, 0.1) is 18.3 Å². The molecule has 1 fully saturated rings. The summed E-state index contributed by atoms with van der Waals surface area (Å²) in [7, 11) is -3.59. The minimum Gasteiger partial charge on any atom is -0.207 e. The first-order valence-corrected chi connectivity index (χ1v) is 8.53. The normalized spacial score (nSPS) is 23.2. The maximum absolute atomic E-state index is 12.4. The van der Waals surface area contributed by atoms with Gasteiger partial charge in [-0.3, -0.25) is 0 Å². The molecule has 1 aromatic carbocycles. The average molecular weight is 313 g/mol. The van der Waals surface area contributed by atoms with E-state index in [0.717, 1.165) is 25.7 Å². The quantitative estimate of drug-likeness (QED) is 0.872. The van der Waals surface area contributed by atoms with Crippen LogP contribution in [-0.4, -0.2) is 19.8 Å².